The number of hydrogen-bond acceptors (Lipinski definition) is 4. The Hall–Kier alpha value is -3.03. The number of aldehydes is 1. The topological polar surface area (TPSA) is 60.7 Å². The molecule has 0 atom stereocenters. The maximum atomic E-state index is 13.0. The second kappa shape index (κ2) is 9.65. The predicted molar refractivity (Wildman–Crippen MR) is 107 cm³/mol. The molecule has 3 heterocycles. The zero-order valence-electron chi connectivity index (χ0n) is 16.6. The molecule has 0 bridgehead atoms. The Morgan fingerprint density at radius 1 is 1.10 bits per heavy atom. The van der Waals surface area contributed by atoms with Crippen LogP contribution in [0.25, 0.3) is 16.9 Å². The molecule has 0 aromatic carbocycles. The molecular weight excluding hydrogens is 393 g/mol. The summed E-state index contributed by atoms with van der Waals surface area (Å²) in [6.07, 6.45) is 7.30. The highest BCUT2D eigenvalue weighted by molar-refractivity contribution is 5.61. The number of pyridine rings is 2. The summed E-state index contributed by atoms with van der Waals surface area (Å²) in [5, 5.41) is 3.68. The van der Waals surface area contributed by atoms with Gasteiger partial charge in [0.15, 0.2) is 5.69 Å². The molecule has 0 radical (unpaired) electrons. The van der Waals surface area contributed by atoms with Gasteiger partial charge in [0.25, 0.3) is 0 Å². The summed E-state index contributed by atoms with van der Waals surface area (Å²) in [7, 11) is 0. The van der Waals surface area contributed by atoms with Gasteiger partial charge in [-0.25, -0.2) is 4.68 Å². The summed E-state index contributed by atoms with van der Waals surface area (Å²) in [5.41, 5.74) is 1.14. The van der Waals surface area contributed by atoms with Crippen molar-refractivity contribution in [2.24, 2.45) is 5.92 Å². The number of aryl methyl sites for hydroxylation is 1. The largest absolute Gasteiger partial charge is 0.435 e. The lowest BCUT2D eigenvalue weighted by Gasteiger charge is -2.14. The molecule has 3 aromatic rings. The Morgan fingerprint density at radius 2 is 1.87 bits per heavy atom. The fourth-order valence-corrected chi connectivity index (χ4v) is 3.29. The van der Waals surface area contributed by atoms with Crippen molar-refractivity contribution in [2.45, 2.75) is 45.2 Å². The Kier molecular flexibility index (Phi) is 6.97. The van der Waals surface area contributed by atoms with Gasteiger partial charge in [-0.1, -0.05) is 19.3 Å². The predicted octanol–water partition coefficient (Wildman–Crippen LogP) is 5.42. The van der Waals surface area contributed by atoms with Crippen LogP contribution in [0.15, 0.2) is 48.9 Å². The lowest BCUT2D eigenvalue weighted by Crippen LogP contribution is -2.07. The van der Waals surface area contributed by atoms with Gasteiger partial charge in [-0.3, -0.25) is 9.97 Å². The molecule has 158 valence electrons. The third-order valence-electron chi connectivity index (χ3n) is 4.94. The molecule has 0 aliphatic heterocycles. The van der Waals surface area contributed by atoms with Gasteiger partial charge in [0.1, 0.15) is 6.29 Å². The summed E-state index contributed by atoms with van der Waals surface area (Å²) in [4.78, 5) is 18.2. The van der Waals surface area contributed by atoms with E-state index in [9.17, 15) is 18.0 Å². The number of alkyl halides is 3. The maximum absolute atomic E-state index is 13.0. The third kappa shape index (κ3) is 5.52. The second-order valence-corrected chi connectivity index (χ2v) is 7.26. The first-order valence-corrected chi connectivity index (χ1v) is 9.84. The van der Waals surface area contributed by atoms with Gasteiger partial charge in [0.05, 0.1) is 17.6 Å². The quantitative estimate of drug-likeness (QED) is 0.535. The zero-order valence-corrected chi connectivity index (χ0v) is 16.6. The van der Waals surface area contributed by atoms with Crippen molar-refractivity contribution in [2.75, 3.05) is 0 Å². The van der Waals surface area contributed by atoms with Crippen molar-refractivity contribution in [3.63, 3.8) is 0 Å². The molecule has 1 fully saturated rings. The summed E-state index contributed by atoms with van der Waals surface area (Å²) in [6, 6.07) is 7.75. The van der Waals surface area contributed by atoms with Crippen LogP contribution >= 0.6 is 0 Å². The monoisotopic (exact) mass is 416 g/mol. The van der Waals surface area contributed by atoms with E-state index in [0.29, 0.717) is 22.9 Å². The molecule has 1 aliphatic rings. The molecule has 1 aliphatic carbocycles. The number of carbonyl (C=O) groups is 1. The zero-order chi connectivity index (χ0) is 21.6. The highest BCUT2D eigenvalue weighted by Crippen LogP contribution is 2.32. The highest BCUT2D eigenvalue weighted by Gasteiger charge is 2.35. The standard InChI is InChI=1S/C15H11F3N4.C7H12O/c1-10-4-5-12(9-20-10)22-13(11-3-2-6-19-8-11)7-14(21-22)15(16,17)18;8-6-7-4-2-1-3-5-7/h2-9H,1H3;6-7H,1-5H2. The SMILES string of the molecule is Cc1ccc(-n2nc(C(F)(F)F)cc2-c2cccnc2)cn1.O=CC1CCCCC1. The van der Waals surface area contributed by atoms with E-state index in [4.69, 9.17) is 0 Å². The average Bonchev–Trinajstić information content (AvgIpc) is 3.22. The Balaban J connectivity index is 0.000000269. The van der Waals surface area contributed by atoms with Crippen molar-refractivity contribution in [3.05, 3.63) is 60.3 Å². The van der Waals surface area contributed by atoms with Crippen molar-refractivity contribution in [1.82, 2.24) is 19.7 Å². The number of nitrogens with zero attached hydrogens (tertiary/aromatic N) is 4. The van der Waals surface area contributed by atoms with E-state index in [0.717, 1.165) is 30.9 Å². The van der Waals surface area contributed by atoms with E-state index in [1.807, 2.05) is 0 Å². The van der Waals surface area contributed by atoms with E-state index in [1.165, 1.54) is 36.3 Å². The van der Waals surface area contributed by atoms with Crippen LogP contribution in [0.4, 0.5) is 13.2 Å². The molecule has 1 saturated carbocycles. The van der Waals surface area contributed by atoms with Gasteiger partial charge in [-0.2, -0.15) is 18.3 Å². The summed E-state index contributed by atoms with van der Waals surface area (Å²) in [5.74, 6) is 0.406. The smallest absolute Gasteiger partial charge is 0.303 e. The van der Waals surface area contributed by atoms with Crippen LogP contribution in [0.3, 0.4) is 0 Å². The normalized spacial score (nSPS) is 14.7. The molecule has 0 spiro atoms. The summed E-state index contributed by atoms with van der Waals surface area (Å²) >= 11 is 0. The minimum atomic E-state index is -4.51. The molecule has 4 rings (SSSR count). The fourth-order valence-electron chi connectivity index (χ4n) is 3.29. The summed E-state index contributed by atoms with van der Waals surface area (Å²) in [6.45, 7) is 1.80. The molecule has 3 aromatic heterocycles. The van der Waals surface area contributed by atoms with Crippen LogP contribution in [0, 0.1) is 12.8 Å². The molecular formula is C22H23F3N4O. The van der Waals surface area contributed by atoms with Crippen molar-refractivity contribution in [3.8, 4) is 16.9 Å². The lowest BCUT2D eigenvalue weighted by atomic mass is 9.91. The average molecular weight is 416 g/mol. The number of carbonyl (C=O) groups excluding carboxylic acids is 1. The first-order valence-electron chi connectivity index (χ1n) is 9.84. The first kappa shape index (κ1) is 21.7. The third-order valence-corrected chi connectivity index (χ3v) is 4.94. The number of halogens is 3. The van der Waals surface area contributed by atoms with Crippen LogP contribution in [-0.4, -0.2) is 26.0 Å². The molecule has 0 N–H and O–H groups in total. The first-order chi connectivity index (χ1) is 14.4. The Labute approximate surface area is 173 Å². The molecule has 0 amide bonds. The second-order valence-electron chi connectivity index (χ2n) is 7.26. The molecule has 30 heavy (non-hydrogen) atoms. The Bertz CT molecular complexity index is 947. The summed E-state index contributed by atoms with van der Waals surface area (Å²) < 4.78 is 40.1. The van der Waals surface area contributed by atoms with E-state index < -0.39 is 11.9 Å². The van der Waals surface area contributed by atoms with E-state index >= 15 is 0 Å². The Morgan fingerprint density at radius 3 is 2.40 bits per heavy atom. The van der Waals surface area contributed by atoms with Gasteiger partial charge in [0, 0.05) is 29.6 Å². The fraction of sp³-hybridized carbons (Fsp3) is 0.364. The van der Waals surface area contributed by atoms with E-state index in [-0.39, 0.29) is 0 Å². The van der Waals surface area contributed by atoms with Crippen molar-refractivity contribution >= 4 is 6.29 Å². The van der Waals surface area contributed by atoms with Gasteiger partial charge in [0.2, 0.25) is 0 Å². The molecule has 5 nitrogen and oxygen atoms in total. The minimum Gasteiger partial charge on any atom is -0.303 e. The van der Waals surface area contributed by atoms with Gasteiger partial charge >= 0.3 is 6.18 Å². The highest BCUT2D eigenvalue weighted by atomic mass is 19.4. The van der Waals surface area contributed by atoms with Crippen LogP contribution in [0.2, 0.25) is 0 Å². The van der Waals surface area contributed by atoms with Crippen molar-refractivity contribution in [1.29, 1.82) is 0 Å². The number of rotatable bonds is 3. The number of aromatic nitrogens is 4. The lowest BCUT2D eigenvalue weighted by molar-refractivity contribution is -0.141. The van der Waals surface area contributed by atoms with Crippen LogP contribution in [0.5, 0.6) is 0 Å². The molecule has 8 heteroatoms. The van der Waals surface area contributed by atoms with Gasteiger partial charge in [-0.15, -0.1) is 0 Å². The van der Waals surface area contributed by atoms with Crippen LogP contribution < -0.4 is 0 Å². The molecule has 0 unspecified atom stereocenters. The van der Waals surface area contributed by atoms with Crippen molar-refractivity contribution < 1.29 is 18.0 Å². The van der Waals surface area contributed by atoms with Crippen LogP contribution in [0.1, 0.15) is 43.5 Å². The van der Waals surface area contributed by atoms with Gasteiger partial charge < -0.3 is 4.79 Å². The van der Waals surface area contributed by atoms with E-state index in [2.05, 4.69) is 15.1 Å². The maximum Gasteiger partial charge on any atom is 0.435 e. The molecule has 0 saturated heterocycles. The van der Waals surface area contributed by atoms with Crippen LogP contribution in [-0.2, 0) is 11.0 Å². The van der Waals surface area contributed by atoms with Gasteiger partial charge in [-0.05, 0) is 50.1 Å². The van der Waals surface area contributed by atoms with E-state index in [1.54, 1.807) is 37.4 Å². The minimum absolute atomic E-state index is 0.311. The number of hydrogen-bond donors (Lipinski definition) is 0.